The van der Waals surface area contributed by atoms with Crippen LogP contribution in [-0.2, 0) is 9.47 Å². The summed E-state index contributed by atoms with van der Waals surface area (Å²) >= 11 is 0. The van der Waals surface area contributed by atoms with Crippen LogP contribution in [0.15, 0.2) is 0 Å². The fourth-order valence-electron chi connectivity index (χ4n) is 1.91. The van der Waals surface area contributed by atoms with Gasteiger partial charge in [-0.05, 0) is 20.8 Å². The SMILES string of the molecule is CCOC(CN1CCN[C@@H](C)C1)OCC. The molecule has 0 bridgehead atoms. The molecule has 1 aliphatic rings. The molecule has 0 aliphatic carbocycles. The molecule has 0 aromatic heterocycles. The van der Waals surface area contributed by atoms with Gasteiger partial charge in [-0.15, -0.1) is 0 Å². The summed E-state index contributed by atoms with van der Waals surface area (Å²) in [5.74, 6) is 0. The summed E-state index contributed by atoms with van der Waals surface area (Å²) in [5.41, 5.74) is 0. The molecule has 1 heterocycles. The van der Waals surface area contributed by atoms with Crippen LogP contribution in [0.3, 0.4) is 0 Å². The number of nitrogens with zero attached hydrogens (tertiary/aromatic N) is 1. The normalized spacial score (nSPS) is 23.6. The Morgan fingerprint density at radius 1 is 1.33 bits per heavy atom. The fraction of sp³-hybridized carbons (Fsp3) is 1.00. The van der Waals surface area contributed by atoms with Gasteiger partial charge in [0, 0.05) is 45.4 Å². The van der Waals surface area contributed by atoms with E-state index in [-0.39, 0.29) is 6.29 Å². The van der Waals surface area contributed by atoms with Crippen LogP contribution < -0.4 is 5.32 Å². The lowest BCUT2D eigenvalue weighted by molar-refractivity contribution is -0.148. The Labute approximate surface area is 92.9 Å². The summed E-state index contributed by atoms with van der Waals surface area (Å²) in [7, 11) is 0. The van der Waals surface area contributed by atoms with Crippen molar-refractivity contribution in [1.82, 2.24) is 10.2 Å². The molecule has 4 heteroatoms. The summed E-state index contributed by atoms with van der Waals surface area (Å²) in [5, 5.41) is 3.43. The molecule has 90 valence electrons. The van der Waals surface area contributed by atoms with Crippen molar-refractivity contribution in [2.24, 2.45) is 0 Å². The lowest BCUT2D eigenvalue weighted by atomic mass is 10.2. The minimum Gasteiger partial charge on any atom is -0.352 e. The Hall–Kier alpha value is -0.160. The highest BCUT2D eigenvalue weighted by molar-refractivity contribution is 4.75. The lowest BCUT2D eigenvalue weighted by Gasteiger charge is -2.33. The Morgan fingerprint density at radius 2 is 2.00 bits per heavy atom. The van der Waals surface area contributed by atoms with Crippen LogP contribution in [0.25, 0.3) is 0 Å². The van der Waals surface area contributed by atoms with Crippen molar-refractivity contribution in [2.45, 2.75) is 33.1 Å². The van der Waals surface area contributed by atoms with E-state index in [2.05, 4.69) is 17.1 Å². The summed E-state index contributed by atoms with van der Waals surface area (Å²) < 4.78 is 11.1. The fourth-order valence-corrected chi connectivity index (χ4v) is 1.91. The van der Waals surface area contributed by atoms with Crippen molar-refractivity contribution < 1.29 is 9.47 Å². The van der Waals surface area contributed by atoms with Crippen LogP contribution in [0.1, 0.15) is 20.8 Å². The molecule has 1 fully saturated rings. The maximum absolute atomic E-state index is 5.54. The van der Waals surface area contributed by atoms with Gasteiger partial charge >= 0.3 is 0 Å². The Morgan fingerprint density at radius 3 is 2.53 bits per heavy atom. The second-order valence-corrected chi connectivity index (χ2v) is 3.95. The molecule has 0 saturated carbocycles. The number of hydrogen-bond acceptors (Lipinski definition) is 4. The molecule has 1 N–H and O–H groups in total. The van der Waals surface area contributed by atoms with Crippen LogP contribution >= 0.6 is 0 Å². The van der Waals surface area contributed by atoms with Gasteiger partial charge < -0.3 is 14.8 Å². The quantitative estimate of drug-likeness (QED) is 0.662. The van der Waals surface area contributed by atoms with Gasteiger partial charge in [-0.2, -0.15) is 0 Å². The first kappa shape index (κ1) is 12.9. The molecule has 1 saturated heterocycles. The molecule has 0 amide bonds. The van der Waals surface area contributed by atoms with Gasteiger partial charge in [-0.3, -0.25) is 4.90 Å². The maximum Gasteiger partial charge on any atom is 0.170 e. The minimum atomic E-state index is -0.0645. The first-order valence-electron chi connectivity index (χ1n) is 5.95. The topological polar surface area (TPSA) is 33.7 Å². The number of ether oxygens (including phenoxy) is 2. The molecule has 1 atom stereocenters. The summed E-state index contributed by atoms with van der Waals surface area (Å²) in [6.45, 7) is 11.8. The molecular formula is C11H24N2O2. The third kappa shape index (κ3) is 4.93. The van der Waals surface area contributed by atoms with E-state index >= 15 is 0 Å². The molecule has 0 unspecified atom stereocenters. The largest absolute Gasteiger partial charge is 0.352 e. The van der Waals surface area contributed by atoms with E-state index in [1.54, 1.807) is 0 Å². The predicted octanol–water partition coefficient (Wildman–Crippen LogP) is 0.679. The first-order valence-corrected chi connectivity index (χ1v) is 5.95. The van der Waals surface area contributed by atoms with Crippen LogP contribution in [0, 0.1) is 0 Å². The van der Waals surface area contributed by atoms with Gasteiger partial charge in [-0.25, -0.2) is 0 Å². The molecule has 15 heavy (non-hydrogen) atoms. The maximum atomic E-state index is 5.54. The van der Waals surface area contributed by atoms with Crippen molar-refractivity contribution in [2.75, 3.05) is 39.4 Å². The first-order chi connectivity index (χ1) is 7.26. The zero-order valence-corrected chi connectivity index (χ0v) is 10.2. The van der Waals surface area contributed by atoms with Crippen LogP contribution in [0.2, 0.25) is 0 Å². The summed E-state index contributed by atoms with van der Waals surface area (Å²) in [6.07, 6.45) is -0.0645. The highest BCUT2D eigenvalue weighted by Gasteiger charge is 2.19. The van der Waals surface area contributed by atoms with Crippen molar-refractivity contribution in [1.29, 1.82) is 0 Å². The van der Waals surface area contributed by atoms with Gasteiger partial charge in [0.15, 0.2) is 6.29 Å². The summed E-state index contributed by atoms with van der Waals surface area (Å²) in [6, 6.07) is 0.572. The van der Waals surface area contributed by atoms with Crippen LogP contribution in [0.5, 0.6) is 0 Å². The lowest BCUT2D eigenvalue weighted by Crippen LogP contribution is -2.51. The predicted molar refractivity (Wildman–Crippen MR) is 60.9 cm³/mol. The Kier molecular flexibility index (Phi) is 6.17. The second kappa shape index (κ2) is 7.17. The molecular weight excluding hydrogens is 192 g/mol. The van der Waals surface area contributed by atoms with E-state index in [9.17, 15) is 0 Å². The van der Waals surface area contributed by atoms with Crippen molar-refractivity contribution >= 4 is 0 Å². The van der Waals surface area contributed by atoms with E-state index < -0.39 is 0 Å². The summed E-state index contributed by atoms with van der Waals surface area (Å²) in [4.78, 5) is 2.40. The number of nitrogens with one attached hydrogen (secondary N) is 1. The van der Waals surface area contributed by atoms with Crippen LogP contribution in [-0.4, -0.2) is 56.6 Å². The third-order valence-electron chi connectivity index (χ3n) is 2.57. The molecule has 0 radical (unpaired) electrons. The smallest absolute Gasteiger partial charge is 0.170 e. The number of hydrogen-bond donors (Lipinski definition) is 1. The average Bonchev–Trinajstić information content (AvgIpc) is 2.18. The molecule has 0 aromatic rings. The Bertz CT molecular complexity index is 158. The third-order valence-corrected chi connectivity index (χ3v) is 2.57. The molecule has 0 aromatic carbocycles. The number of piperazine rings is 1. The second-order valence-electron chi connectivity index (χ2n) is 3.95. The number of rotatable bonds is 6. The van der Waals surface area contributed by atoms with Gasteiger partial charge in [0.05, 0.1) is 0 Å². The highest BCUT2D eigenvalue weighted by Crippen LogP contribution is 2.03. The zero-order chi connectivity index (χ0) is 11.1. The monoisotopic (exact) mass is 216 g/mol. The van der Waals surface area contributed by atoms with E-state index in [1.165, 1.54) is 0 Å². The van der Waals surface area contributed by atoms with Gasteiger partial charge in [-0.1, -0.05) is 0 Å². The average molecular weight is 216 g/mol. The minimum absolute atomic E-state index is 0.0645. The van der Waals surface area contributed by atoms with Gasteiger partial charge in [0.2, 0.25) is 0 Å². The van der Waals surface area contributed by atoms with Gasteiger partial charge in [0.25, 0.3) is 0 Å². The molecule has 1 rings (SSSR count). The van der Waals surface area contributed by atoms with Crippen molar-refractivity contribution in [3.05, 3.63) is 0 Å². The standard InChI is InChI=1S/C11H24N2O2/c1-4-14-11(15-5-2)9-13-7-6-12-10(3)8-13/h10-12H,4-9H2,1-3H3/t10-/m0/s1. The van der Waals surface area contributed by atoms with E-state index in [0.717, 1.165) is 26.2 Å². The highest BCUT2D eigenvalue weighted by atomic mass is 16.7. The molecule has 4 nitrogen and oxygen atoms in total. The van der Waals surface area contributed by atoms with E-state index in [1.807, 2.05) is 13.8 Å². The van der Waals surface area contributed by atoms with Crippen molar-refractivity contribution in [3.8, 4) is 0 Å². The van der Waals surface area contributed by atoms with Crippen LogP contribution in [0.4, 0.5) is 0 Å². The van der Waals surface area contributed by atoms with Crippen molar-refractivity contribution in [3.63, 3.8) is 0 Å². The van der Waals surface area contributed by atoms with E-state index in [4.69, 9.17) is 9.47 Å². The van der Waals surface area contributed by atoms with Gasteiger partial charge in [0.1, 0.15) is 0 Å². The Balaban J connectivity index is 2.28. The molecule has 0 spiro atoms. The zero-order valence-electron chi connectivity index (χ0n) is 10.2. The van der Waals surface area contributed by atoms with E-state index in [0.29, 0.717) is 19.3 Å². The molecule has 1 aliphatic heterocycles.